The highest BCUT2D eigenvalue weighted by molar-refractivity contribution is 7.84. The van der Waals surface area contributed by atoms with Crippen LogP contribution in [0.25, 0.3) is 0 Å². The molecule has 0 radical (unpaired) electrons. The third-order valence-electron chi connectivity index (χ3n) is 3.40. The molecule has 1 aromatic heterocycles. The van der Waals surface area contributed by atoms with Crippen LogP contribution >= 0.6 is 11.6 Å². The summed E-state index contributed by atoms with van der Waals surface area (Å²) < 4.78 is 22.2. The third-order valence-corrected chi connectivity index (χ3v) is 4.46. The van der Waals surface area contributed by atoms with Crippen LogP contribution in [0.5, 0.6) is 5.88 Å². The molecule has 1 aromatic carbocycles. The fraction of sp³-hybridized carbons (Fsp3) is 0.353. The fourth-order valence-corrected chi connectivity index (χ4v) is 2.76. The van der Waals surface area contributed by atoms with Gasteiger partial charge in [-0.05, 0) is 24.1 Å². The van der Waals surface area contributed by atoms with Crippen LogP contribution in [-0.2, 0) is 28.6 Å². The highest BCUT2D eigenvalue weighted by Gasteiger charge is 2.18. The van der Waals surface area contributed by atoms with Crippen molar-refractivity contribution in [2.45, 2.75) is 25.1 Å². The number of nitrogens with zero attached hydrogens (tertiary/aromatic N) is 2. The zero-order valence-corrected chi connectivity index (χ0v) is 16.0. The van der Waals surface area contributed by atoms with Crippen LogP contribution in [0.4, 0.5) is 0 Å². The van der Waals surface area contributed by atoms with Gasteiger partial charge in [0.2, 0.25) is 11.0 Å². The largest absolute Gasteiger partial charge is 0.477 e. The average molecular weight is 399 g/mol. The first-order valence-corrected chi connectivity index (χ1v) is 9.78. The van der Waals surface area contributed by atoms with Crippen LogP contribution in [0.3, 0.4) is 0 Å². The normalized spacial score (nSPS) is 11.8. The molecule has 140 valence electrons. The quantitative estimate of drug-likeness (QED) is 0.537. The standard InChI is InChI=1S/C17H19ClN2O5S/c1-3-24-16(22)13-9-19-17(26(2)23)20-15(13)25-7-6-11-4-5-12(10-21)14(18)8-11/h4-5,8-9,21H,3,6-7,10H2,1-2H3. The van der Waals surface area contributed by atoms with Crippen molar-refractivity contribution in [2.24, 2.45) is 0 Å². The molecule has 1 N–H and O–H groups in total. The molecular weight excluding hydrogens is 380 g/mol. The van der Waals surface area contributed by atoms with E-state index in [4.69, 9.17) is 26.2 Å². The molecule has 0 saturated carbocycles. The van der Waals surface area contributed by atoms with Crippen LogP contribution in [-0.4, -0.2) is 44.7 Å². The Bertz CT molecular complexity index is 816. The summed E-state index contributed by atoms with van der Waals surface area (Å²) in [4.78, 5) is 20.0. The Morgan fingerprint density at radius 2 is 2.15 bits per heavy atom. The molecule has 0 saturated heterocycles. The first-order valence-electron chi connectivity index (χ1n) is 7.84. The highest BCUT2D eigenvalue weighted by atomic mass is 35.5. The summed E-state index contributed by atoms with van der Waals surface area (Å²) in [6, 6.07) is 5.32. The molecule has 1 atom stereocenters. The minimum Gasteiger partial charge on any atom is -0.477 e. The maximum atomic E-state index is 12.0. The van der Waals surface area contributed by atoms with Gasteiger partial charge in [0.15, 0.2) is 0 Å². The number of aromatic nitrogens is 2. The zero-order valence-electron chi connectivity index (χ0n) is 14.4. The number of hydrogen-bond acceptors (Lipinski definition) is 7. The molecule has 0 amide bonds. The lowest BCUT2D eigenvalue weighted by molar-refractivity contribution is 0.0519. The number of aliphatic hydroxyl groups excluding tert-OH is 1. The first-order chi connectivity index (χ1) is 12.5. The van der Waals surface area contributed by atoms with E-state index in [1.54, 1.807) is 19.1 Å². The average Bonchev–Trinajstić information content (AvgIpc) is 2.62. The van der Waals surface area contributed by atoms with Crippen molar-refractivity contribution >= 4 is 28.4 Å². The summed E-state index contributed by atoms with van der Waals surface area (Å²) in [5, 5.41) is 9.69. The smallest absolute Gasteiger partial charge is 0.345 e. The fourth-order valence-electron chi connectivity index (χ4n) is 2.09. The molecule has 1 heterocycles. The molecule has 0 spiro atoms. The molecule has 0 aliphatic rings. The van der Waals surface area contributed by atoms with Crippen molar-refractivity contribution in [3.8, 4) is 5.88 Å². The number of rotatable bonds is 8. The van der Waals surface area contributed by atoms with Gasteiger partial charge in [0, 0.05) is 17.7 Å². The second-order valence-electron chi connectivity index (χ2n) is 5.23. The van der Waals surface area contributed by atoms with E-state index in [9.17, 15) is 9.00 Å². The second-order valence-corrected chi connectivity index (χ2v) is 6.91. The molecule has 0 aliphatic carbocycles. The number of ether oxygens (including phenoxy) is 2. The molecule has 2 aromatic rings. The van der Waals surface area contributed by atoms with E-state index >= 15 is 0 Å². The van der Waals surface area contributed by atoms with Gasteiger partial charge in [-0.25, -0.2) is 9.78 Å². The van der Waals surface area contributed by atoms with Gasteiger partial charge < -0.3 is 14.6 Å². The molecule has 2 rings (SSSR count). The topological polar surface area (TPSA) is 98.6 Å². The maximum absolute atomic E-state index is 12.0. The molecular formula is C17H19ClN2O5S. The van der Waals surface area contributed by atoms with Crippen LogP contribution in [0.2, 0.25) is 5.02 Å². The van der Waals surface area contributed by atoms with Gasteiger partial charge >= 0.3 is 5.97 Å². The van der Waals surface area contributed by atoms with Gasteiger partial charge in [-0.2, -0.15) is 4.98 Å². The van der Waals surface area contributed by atoms with Crippen molar-refractivity contribution in [3.63, 3.8) is 0 Å². The van der Waals surface area contributed by atoms with Crippen molar-refractivity contribution in [2.75, 3.05) is 19.5 Å². The van der Waals surface area contributed by atoms with Gasteiger partial charge in [0.25, 0.3) is 0 Å². The lowest BCUT2D eigenvalue weighted by Crippen LogP contribution is -2.13. The molecule has 7 nitrogen and oxygen atoms in total. The summed E-state index contributed by atoms with van der Waals surface area (Å²) in [6.45, 7) is 1.98. The van der Waals surface area contributed by atoms with Gasteiger partial charge in [-0.1, -0.05) is 23.7 Å². The molecule has 9 heteroatoms. The van der Waals surface area contributed by atoms with Crippen LogP contribution in [0.1, 0.15) is 28.4 Å². The second kappa shape index (κ2) is 9.61. The molecule has 0 fully saturated rings. The van der Waals surface area contributed by atoms with E-state index in [1.807, 2.05) is 6.07 Å². The van der Waals surface area contributed by atoms with Gasteiger partial charge in [-0.3, -0.25) is 4.21 Å². The minimum atomic E-state index is -1.41. The number of aliphatic hydroxyl groups is 1. The summed E-state index contributed by atoms with van der Waals surface area (Å²) in [7, 11) is -1.41. The summed E-state index contributed by atoms with van der Waals surface area (Å²) in [5.74, 6) is -0.576. The maximum Gasteiger partial charge on any atom is 0.345 e. The molecule has 1 unspecified atom stereocenters. The van der Waals surface area contributed by atoms with E-state index < -0.39 is 16.8 Å². The van der Waals surface area contributed by atoms with Crippen molar-refractivity contribution in [1.29, 1.82) is 0 Å². The van der Waals surface area contributed by atoms with Gasteiger partial charge in [0.05, 0.1) is 36.8 Å². The van der Waals surface area contributed by atoms with Crippen molar-refractivity contribution in [3.05, 3.63) is 46.1 Å². The Balaban J connectivity index is 2.13. The van der Waals surface area contributed by atoms with Crippen LogP contribution < -0.4 is 4.74 Å². The molecule has 26 heavy (non-hydrogen) atoms. The Morgan fingerprint density at radius 1 is 1.38 bits per heavy atom. The van der Waals surface area contributed by atoms with E-state index in [2.05, 4.69) is 9.97 Å². The summed E-state index contributed by atoms with van der Waals surface area (Å²) in [5.41, 5.74) is 1.62. The summed E-state index contributed by atoms with van der Waals surface area (Å²) in [6.07, 6.45) is 3.19. The third kappa shape index (κ3) is 5.23. The summed E-state index contributed by atoms with van der Waals surface area (Å²) >= 11 is 6.07. The predicted octanol–water partition coefficient (Wildman–Crippen LogP) is 2.16. The van der Waals surface area contributed by atoms with Crippen LogP contribution in [0.15, 0.2) is 29.6 Å². The Labute approximate surface area is 158 Å². The van der Waals surface area contributed by atoms with Gasteiger partial charge in [0.1, 0.15) is 5.56 Å². The van der Waals surface area contributed by atoms with E-state index in [0.717, 1.165) is 5.56 Å². The van der Waals surface area contributed by atoms with Crippen molar-refractivity contribution in [1.82, 2.24) is 9.97 Å². The first kappa shape index (κ1) is 20.3. The predicted molar refractivity (Wildman–Crippen MR) is 96.9 cm³/mol. The Kier molecular flexibility index (Phi) is 7.50. The Hall–Kier alpha value is -2.03. The molecule has 0 aliphatic heterocycles. The number of benzene rings is 1. The number of halogens is 1. The Morgan fingerprint density at radius 3 is 2.77 bits per heavy atom. The van der Waals surface area contributed by atoms with Gasteiger partial charge in [-0.15, -0.1) is 0 Å². The number of hydrogen-bond donors (Lipinski definition) is 1. The molecule has 0 bridgehead atoms. The van der Waals surface area contributed by atoms with E-state index in [1.165, 1.54) is 12.5 Å². The SMILES string of the molecule is CCOC(=O)c1cnc(S(C)=O)nc1OCCc1ccc(CO)c(Cl)c1. The van der Waals surface area contributed by atoms with Crippen LogP contribution in [0, 0.1) is 0 Å². The van der Waals surface area contributed by atoms with Crippen molar-refractivity contribution < 1.29 is 23.6 Å². The number of esters is 1. The number of carbonyl (C=O) groups excluding carboxylic acids is 1. The lowest BCUT2D eigenvalue weighted by Gasteiger charge is -2.11. The monoisotopic (exact) mass is 398 g/mol. The minimum absolute atomic E-state index is 0.0294. The van der Waals surface area contributed by atoms with E-state index in [-0.39, 0.29) is 36.4 Å². The zero-order chi connectivity index (χ0) is 19.1. The van der Waals surface area contributed by atoms with E-state index in [0.29, 0.717) is 17.0 Å². The highest BCUT2D eigenvalue weighted by Crippen LogP contribution is 2.20. The number of carbonyl (C=O) groups is 1. The lowest BCUT2D eigenvalue weighted by atomic mass is 10.1.